The van der Waals surface area contributed by atoms with Crippen LogP contribution in [-0.2, 0) is 0 Å². The SMILES string of the molecule is CNC(CSc1nc2ccccc2o1)c1ccccc1C. The molecule has 0 aliphatic carbocycles. The van der Waals surface area contributed by atoms with E-state index >= 15 is 0 Å². The molecule has 0 aliphatic heterocycles. The summed E-state index contributed by atoms with van der Waals surface area (Å²) in [6.45, 7) is 2.14. The molecule has 0 saturated heterocycles. The van der Waals surface area contributed by atoms with Crippen LogP contribution in [0.4, 0.5) is 0 Å². The van der Waals surface area contributed by atoms with Crippen molar-refractivity contribution in [2.45, 2.75) is 18.2 Å². The second-order valence-corrected chi connectivity index (χ2v) is 5.93. The molecule has 108 valence electrons. The Morgan fingerprint density at radius 1 is 1.14 bits per heavy atom. The minimum Gasteiger partial charge on any atom is -0.431 e. The first-order chi connectivity index (χ1) is 10.3. The second-order valence-electron chi connectivity index (χ2n) is 4.96. The lowest BCUT2D eigenvalue weighted by molar-refractivity contribution is 0.488. The number of para-hydroxylation sites is 2. The monoisotopic (exact) mass is 298 g/mol. The van der Waals surface area contributed by atoms with Gasteiger partial charge in [0, 0.05) is 11.8 Å². The predicted molar refractivity (Wildman–Crippen MR) is 87.7 cm³/mol. The quantitative estimate of drug-likeness (QED) is 0.717. The van der Waals surface area contributed by atoms with Gasteiger partial charge in [0.05, 0.1) is 0 Å². The van der Waals surface area contributed by atoms with Crippen LogP contribution in [0.3, 0.4) is 0 Å². The van der Waals surface area contributed by atoms with Crippen LogP contribution in [0.1, 0.15) is 17.2 Å². The summed E-state index contributed by atoms with van der Waals surface area (Å²) in [4.78, 5) is 4.50. The molecule has 0 spiro atoms. The van der Waals surface area contributed by atoms with E-state index in [1.165, 1.54) is 11.1 Å². The molecular weight excluding hydrogens is 280 g/mol. The molecule has 21 heavy (non-hydrogen) atoms. The molecule has 1 aromatic heterocycles. The minimum absolute atomic E-state index is 0.284. The summed E-state index contributed by atoms with van der Waals surface area (Å²) in [5.41, 5.74) is 4.38. The standard InChI is InChI=1S/C17H18N2OS/c1-12-7-3-4-8-13(12)15(18-2)11-21-17-19-14-9-5-6-10-16(14)20-17/h3-10,15,18H,11H2,1-2H3. The van der Waals surface area contributed by atoms with Gasteiger partial charge in [0.1, 0.15) is 5.52 Å². The van der Waals surface area contributed by atoms with E-state index in [4.69, 9.17) is 4.42 Å². The smallest absolute Gasteiger partial charge is 0.256 e. The zero-order chi connectivity index (χ0) is 14.7. The average molecular weight is 298 g/mol. The Kier molecular flexibility index (Phi) is 4.27. The highest BCUT2D eigenvalue weighted by atomic mass is 32.2. The maximum absolute atomic E-state index is 5.75. The number of thioether (sulfide) groups is 1. The molecule has 0 saturated carbocycles. The number of hydrogen-bond donors (Lipinski definition) is 1. The second kappa shape index (κ2) is 6.33. The molecule has 0 bridgehead atoms. The molecule has 0 aliphatic rings. The number of oxazole rings is 1. The molecule has 2 aromatic carbocycles. The Hall–Kier alpha value is -1.78. The first kappa shape index (κ1) is 14.2. The Balaban J connectivity index is 1.74. The summed E-state index contributed by atoms with van der Waals surface area (Å²) < 4.78 is 5.75. The highest BCUT2D eigenvalue weighted by Crippen LogP contribution is 2.28. The van der Waals surface area contributed by atoms with Crippen LogP contribution < -0.4 is 5.32 Å². The normalized spacial score (nSPS) is 12.7. The van der Waals surface area contributed by atoms with Crippen LogP contribution in [0, 0.1) is 6.92 Å². The van der Waals surface area contributed by atoms with Crippen molar-refractivity contribution in [3.05, 3.63) is 59.7 Å². The number of hydrogen-bond acceptors (Lipinski definition) is 4. The van der Waals surface area contributed by atoms with E-state index in [0.717, 1.165) is 22.1 Å². The van der Waals surface area contributed by atoms with E-state index in [0.29, 0.717) is 0 Å². The van der Waals surface area contributed by atoms with Gasteiger partial charge in [0.15, 0.2) is 5.58 Å². The molecule has 3 aromatic rings. The van der Waals surface area contributed by atoms with Crippen LogP contribution in [0.2, 0.25) is 0 Å². The van der Waals surface area contributed by atoms with Gasteiger partial charge in [-0.2, -0.15) is 0 Å². The molecule has 1 N–H and O–H groups in total. The molecule has 0 amide bonds. The first-order valence-electron chi connectivity index (χ1n) is 6.99. The Bertz CT molecular complexity index is 705. The summed E-state index contributed by atoms with van der Waals surface area (Å²) in [7, 11) is 1.99. The summed E-state index contributed by atoms with van der Waals surface area (Å²) in [5, 5.41) is 4.10. The maximum Gasteiger partial charge on any atom is 0.256 e. The molecule has 3 rings (SSSR count). The molecule has 0 radical (unpaired) electrons. The number of fused-ring (bicyclic) bond motifs is 1. The van der Waals surface area contributed by atoms with E-state index in [9.17, 15) is 0 Å². The number of benzene rings is 2. The van der Waals surface area contributed by atoms with E-state index in [-0.39, 0.29) is 6.04 Å². The van der Waals surface area contributed by atoms with Gasteiger partial charge >= 0.3 is 0 Å². The first-order valence-corrected chi connectivity index (χ1v) is 7.97. The number of rotatable bonds is 5. The van der Waals surface area contributed by atoms with Crippen molar-refractivity contribution in [3.63, 3.8) is 0 Å². The third-order valence-corrected chi connectivity index (χ3v) is 4.48. The summed E-state index contributed by atoms with van der Waals surface area (Å²) in [5.74, 6) is 0.883. The van der Waals surface area contributed by atoms with E-state index in [1.54, 1.807) is 11.8 Å². The van der Waals surface area contributed by atoms with Gasteiger partial charge in [-0.25, -0.2) is 4.98 Å². The van der Waals surface area contributed by atoms with Gasteiger partial charge in [0.25, 0.3) is 5.22 Å². The van der Waals surface area contributed by atoms with Crippen molar-refractivity contribution >= 4 is 22.9 Å². The highest BCUT2D eigenvalue weighted by molar-refractivity contribution is 7.99. The fourth-order valence-electron chi connectivity index (χ4n) is 2.37. The fraction of sp³-hybridized carbons (Fsp3) is 0.235. The van der Waals surface area contributed by atoms with Gasteiger partial charge < -0.3 is 9.73 Å². The summed E-state index contributed by atoms with van der Waals surface area (Å²) >= 11 is 1.64. The van der Waals surface area contributed by atoms with E-state index < -0.39 is 0 Å². The maximum atomic E-state index is 5.75. The highest BCUT2D eigenvalue weighted by Gasteiger charge is 2.14. The number of aromatic nitrogens is 1. The van der Waals surface area contributed by atoms with Crippen molar-refractivity contribution in [1.82, 2.24) is 10.3 Å². The lowest BCUT2D eigenvalue weighted by Gasteiger charge is -2.17. The van der Waals surface area contributed by atoms with E-state index in [1.807, 2.05) is 31.3 Å². The van der Waals surface area contributed by atoms with Crippen LogP contribution >= 0.6 is 11.8 Å². The van der Waals surface area contributed by atoms with Crippen LogP contribution in [0.15, 0.2) is 58.2 Å². The van der Waals surface area contributed by atoms with Crippen molar-refractivity contribution in [2.75, 3.05) is 12.8 Å². The largest absolute Gasteiger partial charge is 0.431 e. The predicted octanol–water partition coefficient (Wildman–Crippen LogP) is 4.19. The third kappa shape index (κ3) is 3.12. The third-order valence-electron chi connectivity index (χ3n) is 3.56. The van der Waals surface area contributed by atoms with Crippen molar-refractivity contribution in [1.29, 1.82) is 0 Å². The Morgan fingerprint density at radius 2 is 1.90 bits per heavy atom. The molecule has 1 heterocycles. The molecule has 1 unspecified atom stereocenters. The molecule has 3 nitrogen and oxygen atoms in total. The minimum atomic E-state index is 0.284. The van der Waals surface area contributed by atoms with E-state index in [2.05, 4.69) is 41.5 Å². The molecule has 4 heteroatoms. The fourth-order valence-corrected chi connectivity index (χ4v) is 3.34. The molecular formula is C17H18N2OS. The van der Waals surface area contributed by atoms with Crippen LogP contribution in [0.25, 0.3) is 11.1 Å². The lowest BCUT2D eigenvalue weighted by Crippen LogP contribution is -2.19. The van der Waals surface area contributed by atoms with Gasteiger partial charge in [-0.3, -0.25) is 0 Å². The molecule has 0 fully saturated rings. The number of nitrogens with one attached hydrogen (secondary N) is 1. The van der Waals surface area contributed by atoms with Crippen molar-refractivity contribution < 1.29 is 4.42 Å². The Morgan fingerprint density at radius 3 is 2.67 bits per heavy atom. The zero-order valence-electron chi connectivity index (χ0n) is 12.2. The van der Waals surface area contributed by atoms with Crippen molar-refractivity contribution in [3.8, 4) is 0 Å². The lowest BCUT2D eigenvalue weighted by atomic mass is 10.0. The summed E-state index contributed by atoms with van der Waals surface area (Å²) in [6.07, 6.45) is 0. The topological polar surface area (TPSA) is 38.1 Å². The number of nitrogens with zero attached hydrogens (tertiary/aromatic N) is 1. The van der Waals surface area contributed by atoms with Gasteiger partial charge in [-0.05, 0) is 37.2 Å². The van der Waals surface area contributed by atoms with Crippen LogP contribution in [0.5, 0.6) is 0 Å². The van der Waals surface area contributed by atoms with Crippen LogP contribution in [-0.4, -0.2) is 17.8 Å². The van der Waals surface area contributed by atoms with Gasteiger partial charge in [-0.15, -0.1) is 0 Å². The van der Waals surface area contributed by atoms with Crippen molar-refractivity contribution in [2.24, 2.45) is 0 Å². The molecule has 1 atom stereocenters. The zero-order valence-corrected chi connectivity index (χ0v) is 13.0. The van der Waals surface area contributed by atoms with Gasteiger partial charge in [0.2, 0.25) is 0 Å². The summed E-state index contributed by atoms with van der Waals surface area (Å²) in [6, 6.07) is 16.6. The average Bonchev–Trinajstić information content (AvgIpc) is 2.92. The number of aryl methyl sites for hydroxylation is 1. The Labute approximate surface area is 128 Å². The van der Waals surface area contributed by atoms with Gasteiger partial charge in [-0.1, -0.05) is 48.2 Å².